The molecule has 12 heavy (non-hydrogen) atoms. The summed E-state index contributed by atoms with van der Waals surface area (Å²) in [5.41, 5.74) is 0. The fourth-order valence-corrected chi connectivity index (χ4v) is 0.934. The van der Waals surface area contributed by atoms with Crippen LogP contribution in [0.3, 0.4) is 0 Å². The zero-order valence-corrected chi connectivity index (χ0v) is 8.63. The third-order valence-corrected chi connectivity index (χ3v) is 1.89. The van der Waals surface area contributed by atoms with Crippen molar-refractivity contribution in [2.24, 2.45) is 0 Å². The van der Waals surface area contributed by atoms with Gasteiger partial charge in [-0.3, -0.25) is 4.79 Å². The standard InChI is InChI=1S/C9H20N2O/c1-9(12)11(4)8-6-5-7-10(2)3/h5-8H2,1-4H3. The molecule has 1 amide bonds. The lowest BCUT2D eigenvalue weighted by atomic mass is 10.3. The second kappa shape index (κ2) is 6.00. The summed E-state index contributed by atoms with van der Waals surface area (Å²) in [5.74, 6) is 0.153. The predicted molar refractivity (Wildman–Crippen MR) is 51.1 cm³/mol. The molecule has 0 aliphatic carbocycles. The van der Waals surface area contributed by atoms with Gasteiger partial charge in [-0.15, -0.1) is 0 Å². The Bertz CT molecular complexity index is 134. The van der Waals surface area contributed by atoms with E-state index in [-0.39, 0.29) is 5.91 Å². The molecule has 0 unspecified atom stereocenters. The highest BCUT2D eigenvalue weighted by atomic mass is 16.2. The molecule has 0 aromatic carbocycles. The Morgan fingerprint density at radius 2 is 1.58 bits per heavy atom. The predicted octanol–water partition coefficient (Wildman–Crippen LogP) is 0.806. The fourth-order valence-electron chi connectivity index (χ4n) is 0.934. The van der Waals surface area contributed by atoms with E-state index in [1.54, 1.807) is 11.8 Å². The summed E-state index contributed by atoms with van der Waals surface area (Å²) < 4.78 is 0. The second-order valence-electron chi connectivity index (χ2n) is 3.45. The first kappa shape index (κ1) is 11.4. The second-order valence-corrected chi connectivity index (χ2v) is 3.45. The molecule has 0 spiro atoms. The molecule has 0 atom stereocenters. The summed E-state index contributed by atoms with van der Waals surface area (Å²) in [5, 5.41) is 0. The number of carbonyl (C=O) groups excluding carboxylic acids is 1. The Morgan fingerprint density at radius 1 is 1.08 bits per heavy atom. The van der Waals surface area contributed by atoms with E-state index in [1.807, 2.05) is 7.05 Å². The molecular weight excluding hydrogens is 152 g/mol. The molecule has 0 saturated heterocycles. The van der Waals surface area contributed by atoms with Gasteiger partial charge in [0, 0.05) is 20.5 Å². The lowest BCUT2D eigenvalue weighted by Gasteiger charge is -2.15. The summed E-state index contributed by atoms with van der Waals surface area (Å²) in [6.45, 7) is 3.58. The highest BCUT2D eigenvalue weighted by molar-refractivity contribution is 5.72. The Labute approximate surface area is 75.3 Å². The van der Waals surface area contributed by atoms with Crippen LogP contribution in [0, 0.1) is 0 Å². The van der Waals surface area contributed by atoms with Gasteiger partial charge < -0.3 is 9.80 Å². The van der Waals surface area contributed by atoms with Gasteiger partial charge in [0.2, 0.25) is 5.91 Å². The zero-order valence-electron chi connectivity index (χ0n) is 8.63. The van der Waals surface area contributed by atoms with Crippen molar-refractivity contribution in [3.63, 3.8) is 0 Å². The van der Waals surface area contributed by atoms with Crippen LogP contribution in [0.5, 0.6) is 0 Å². The van der Waals surface area contributed by atoms with Crippen molar-refractivity contribution in [1.29, 1.82) is 0 Å². The lowest BCUT2D eigenvalue weighted by Crippen LogP contribution is -2.25. The first-order valence-electron chi connectivity index (χ1n) is 4.40. The van der Waals surface area contributed by atoms with E-state index in [1.165, 1.54) is 0 Å². The molecule has 0 rings (SSSR count). The molecule has 0 aliphatic heterocycles. The van der Waals surface area contributed by atoms with E-state index in [9.17, 15) is 4.79 Å². The van der Waals surface area contributed by atoms with Gasteiger partial charge in [0.25, 0.3) is 0 Å². The molecule has 0 N–H and O–H groups in total. The molecule has 72 valence electrons. The third kappa shape index (κ3) is 6.16. The summed E-state index contributed by atoms with van der Waals surface area (Å²) in [6, 6.07) is 0. The molecule has 0 fully saturated rings. The van der Waals surface area contributed by atoms with Crippen molar-refractivity contribution >= 4 is 5.91 Å². The van der Waals surface area contributed by atoms with E-state index in [0.717, 1.165) is 25.9 Å². The van der Waals surface area contributed by atoms with Gasteiger partial charge in [-0.2, -0.15) is 0 Å². The smallest absolute Gasteiger partial charge is 0.219 e. The van der Waals surface area contributed by atoms with E-state index < -0.39 is 0 Å². The zero-order chi connectivity index (χ0) is 9.56. The van der Waals surface area contributed by atoms with Gasteiger partial charge in [0.15, 0.2) is 0 Å². The molecule has 0 aliphatic rings. The lowest BCUT2D eigenvalue weighted by molar-refractivity contribution is -0.127. The first-order chi connectivity index (χ1) is 5.54. The van der Waals surface area contributed by atoms with E-state index in [4.69, 9.17) is 0 Å². The van der Waals surface area contributed by atoms with Crippen LogP contribution in [0.4, 0.5) is 0 Å². The largest absolute Gasteiger partial charge is 0.346 e. The molecule has 0 radical (unpaired) electrons. The first-order valence-corrected chi connectivity index (χ1v) is 4.40. The van der Waals surface area contributed by atoms with Crippen LogP contribution in [0.15, 0.2) is 0 Å². The quantitative estimate of drug-likeness (QED) is 0.573. The van der Waals surface area contributed by atoms with Crippen LogP contribution in [-0.2, 0) is 4.79 Å². The average Bonchev–Trinajstić information content (AvgIpc) is 1.97. The van der Waals surface area contributed by atoms with Crippen molar-refractivity contribution in [2.75, 3.05) is 34.2 Å². The number of carbonyl (C=O) groups is 1. The maximum absolute atomic E-state index is 10.8. The van der Waals surface area contributed by atoms with Crippen LogP contribution >= 0.6 is 0 Å². The molecule has 0 aromatic heterocycles. The maximum Gasteiger partial charge on any atom is 0.219 e. The van der Waals surface area contributed by atoms with Crippen molar-refractivity contribution in [1.82, 2.24) is 9.80 Å². The van der Waals surface area contributed by atoms with Gasteiger partial charge in [0.1, 0.15) is 0 Å². The van der Waals surface area contributed by atoms with Crippen molar-refractivity contribution in [3.8, 4) is 0 Å². The fraction of sp³-hybridized carbons (Fsp3) is 0.889. The number of unbranched alkanes of at least 4 members (excludes halogenated alkanes) is 1. The van der Waals surface area contributed by atoms with Crippen LogP contribution in [0.25, 0.3) is 0 Å². The normalized spacial score (nSPS) is 10.4. The minimum atomic E-state index is 0.153. The molecular formula is C9H20N2O. The van der Waals surface area contributed by atoms with Gasteiger partial charge in [-0.25, -0.2) is 0 Å². The summed E-state index contributed by atoms with van der Waals surface area (Å²) >= 11 is 0. The Balaban J connectivity index is 3.25. The highest BCUT2D eigenvalue weighted by Crippen LogP contribution is 1.94. The van der Waals surface area contributed by atoms with Crippen LogP contribution in [-0.4, -0.2) is 49.9 Å². The van der Waals surface area contributed by atoms with Gasteiger partial charge in [-0.05, 0) is 33.5 Å². The monoisotopic (exact) mass is 172 g/mol. The molecule has 0 bridgehead atoms. The number of hydrogen-bond acceptors (Lipinski definition) is 2. The van der Waals surface area contributed by atoms with Gasteiger partial charge >= 0.3 is 0 Å². The van der Waals surface area contributed by atoms with Gasteiger partial charge in [-0.1, -0.05) is 0 Å². The molecule has 3 heteroatoms. The molecule has 0 saturated carbocycles. The molecule has 3 nitrogen and oxygen atoms in total. The summed E-state index contributed by atoms with van der Waals surface area (Å²) in [4.78, 5) is 14.7. The summed E-state index contributed by atoms with van der Waals surface area (Å²) in [6.07, 6.45) is 2.25. The van der Waals surface area contributed by atoms with Crippen LogP contribution in [0.1, 0.15) is 19.8 Å². The third-order valence-electron chi connectivity index (χ3n) is 1.89. The van der Waals surface area contributed by atoms with E-state index >= 15 is 0 Å². The van der Waals surface area contributed by atoms with Crippen LogP contribution < -0.4 is 0 Å². The Hall–Kier alpha value is -0.570. The van der Waals surface area contributed by atoms with E-state index in [0.29, 0.717) is 0 Å². The van der Waals surface area contributed by atoms with Crippen molar-refractivity contribution < 1.29 is 4.79 Å². The number of hydrogen-bond donors (Lipinski definition) is 0. The van der Waals surface area contributed by atoms with E-state index in [2.05, 4.69) is 19.0 Å². The topological polar surface area (TPSA) is 23.6 Å². The summed E-state index contributed by atoms with van der Waals surface area (Å²) in [7, 11) is 5.97. The van der Waals surface area contributed by atoms with Crippen LogP contribution in [0.2, 0.25) is 0 Å². The number of rotatable bonds is 5. The SMILES string of the molecule is CC(=O)N(C)CCCCN(C)C. The maximum atomic E-state index is 10.8. The minimum absolute atomic E-state index is 0.153. The van der Waals surface area contributed by atoms with Crippen molar-refractivity contribution in [3.05, 3.63) is 0 Å². The Morgan fingerprint density at radius 3 is 2.00 bits per heavy atom. The number of amides is 1. The van der Waals surface area contributed by atoms with Crippen molar-refractivity contribution in [2.45, 2.75) is 19.8 Å². The van der Waals surface area contributed by atoms with Gasteiger partial charge in [0.05, 0.1) is 0 Å². The molecule has 0 heterocycles. The Kier molecular flexibility index (Phi) is 5.72. The average molecular weight is 172 g/mol. The number of nitrogens with zero attached hydrogens (tertiary/aromatic N) is 2. The molecule has 0 aromatic rings. The minimum Gasteiger partial charge on any atom is -0.346 e. The highest BCUT2D eigenvalue weighted by Gasteiger charge is 2.00.